The molecule has 2 aromatic carbocycles. The highest BCUT2D eigenvalue weighted by molar-refractivity contribution is 6.15. The number of ether oxygens (including phenoxy) is 2. The molecule has 2 aromatic rings. The summed E-state index contributed by atoms with van der Waals surface area (Å²) in [5, 5.41) is 2.81. The van der Waals surface area contributed by atoms with Crippen molar-refractivity contribution < 1.29 is 23.9 Å². The number of nitrogens with zero attached hydrogens (tertiary/aromatic N) is 1. The smallest absolute Gasteiger partial charge is 0.331 e. The second-order valence-corrected chi connectivity index (χ2v) is 7.59. The van der Waals surface area contributed by atoms with E-state index in [9.17, 15) is 14.4 Å². The van der Waals surface area contributed by atoms with Crippen molar-refractivity contribution in [2.45, 2.75) is 39.3 Å². The van der Waals surface area contributed by atoms with Crippen LogP contribution >= 0.6 is 0 Å². The molecule has 0 fully saturated rings. The van der Waals surface area contributed by atoms with Crippen LogP contribution in [-0.4, -0.2) is 36.0 Å². The Morgan fingerprint density at radius 2 is 1.81 bits per heavy atom. The summed E-state index contributed by atoms with van der Waals surface area (Å²) in [4.78, 5) is 39.5. The lowest BCUT2D eigenvalue weighted by atomic mass is 9.95. The number of hydrogen-bond acceptors (Lipinski definition) is 5. The zero-order valence-electron chi connectivity index (χ0n) is 18.0. The molecular weight excluding hydrogens is 396 g/mol. The molecule has 1 aliphatic rings. The average Bonchev–Trinajstić information content (AvgIpc) is 2.73. The maximum absolute atomic E-state index is 13.2. The van der Waals surface area contributed by atoms with Gasteiger partial charge in [-0.2, -0.15) is 0 Å². The Balaban J connectivity index is 1.76. The molecule has 3 rings (SSSR count). The second kappa shape index (κ2) is 9.04. The van der Waals surface area contributed by atoms with E-state index in [1.165, 1.54) is 17.9 Å². The van der Waals surface area contributed by atoms with Crippen LogP contribution in [0.5, 0.6) is 5.75 Å². The lowest BCUT2D eigenvalue weighted by Crippen LogP contribution is -2.60. The van der Waals surface area contributed by atoms with Gasteiger partial charge in [0.2, 0.25) is 5.91 Å². The third-order valence-corrected chi connectivity index (χ3v) is 4.99. The van der Waals surface area contributed by atoms with Crippen LogP contribution in [0.4, 0.5) is 11.4 Å². The molecule has 0 aromatic heterocycles. The molecule has 162 valence electrons. The lowest BCUT2D eigenvalue weighted by molar-refractivity contribution is -0.149. The van der Waals surface area contributed by atoms with Crippen LogP contribution in [0.25, 0.3) is 6.08 Å². The molecule has 1 N–H and O–H groups in total. The molecule has 1 atom stereocenters. The van der Waals surface area contributed by atoms with Crippen LogP contribution < -0.4 is 15.0 Å². The number of fused-ring (bicyclic) bond motifs is 1. The molecule has 0 bridgehead atoms. The lowest BCUT2D eigenvalue weighted by Gasteiger charge is -2.42. The van der Waals surface area contributed by atoms with Crippen molar-refractivity contribution in [2.75, 3.05) is 16.8 Å². The largest absolute Gasteiger partial charge is 0.493 e. The first-order chi connectivity index (χ1) is 14.8. The highest BCUT2D eigenvalue weighted by Gasteiger charge is 2.45. The monoisotopic (exact) mass is 422 g/mol. The number of rotatable bonds is 6. The van der Waals surface area contributed by atoms with E-state index in [0.717, 1.165) is 5.56 Å². The van der Waals surface area contributed by atoms with E-state index in [1.54, 1.807) is 44.2 Å². The van der Waals surface area contributed by atoms with Gasteiger partial charge in [0.15, 0.2) is 6.10 Å². The van der Waals surface area contributed by atoms with Gasteiger partial charge in [0.25, 0.3) is 5.91 Å². The summed E-state index contributed by atoms with van der Waals surface area (Å²) in [6.07, 6.45) is 1.75. The summed E-state index contributed by atoms with van der Waals surface area (Å²) in [6.45, 7) is 7.17. The Hall–Kier alpha value is -3.61. The van der Waals surface area contributed by atoms with E-state index < -0.39 is 23.5 Å². The van der Waals surface area contributed by atoms with E-state index in [4.69, 9.17) is 9.47 Å². The molecule has 0 saturated heterocycles. The molecular formula is C24H26N2O5. The molecule has 31 heavy (non-hydrogen) atoms. The summed E-state index contributed by atoms with van der Waals surface area (Å²) in [5.41, 5.74) is 0.675. The fourth-order valence-electron chi connectivity index (χ4n) is 3.36. The number of esters is 1. The van der Waals surface area contributed by atoms with Gasteiger partial charge in [-0.05, 0) is 52.0 Å². The SMILES string of the molecule is CCOc1ccccc1/C=C/C(=O)O[C@H](C)C(=O)N1c2ccccc2NC(=O)C1(C)C. The summed E-state index contributed by atoms with van der Waals surface area (Å²) in [7, 11) is 0. The van der Waals surface area contributed by atoms with Gasteiger partial charge >= 0.3 is 5.97 Å². The third-order valence-electron chi connectivity index (χ3n) is 4.99. The minimum Gasteiger partial charge on any atom is -0.493 e. The number of anilines is 2. The number of carbonyl (C=O) groups is 3. The zero-order chi connectivity index (χ0) is 22.6. The van der Waals surface area contributed by atoms with Gasteiger partial charge < -0.3 is 14.8 Å². The highest BCUT2D eigenvalue weighted by Crippen LogP contribution is 2.37. The second-order valence-electron chi connectivity index (χ2n) is 7.59. The van der Waals surface area contributed by atoms with E-state index in [0.29, 0.717) is 23.7 Å². The zero-order valence-corrected chi connectivity index (χ0v) is 18.0. The van der Waals surface area contributed by atoms with Crippen molar-refractivity contribution in [1.29, 1.82) is 0 Å². The van der Waals surface area contributed by atoms with Crippen LogP contribution in [0.1, 0.15) is 33.3 Å². The van der Waals surface area contributed by atoms with E-state index in [2.05, 4.69) is 5.32 Å². The Labute approximate surface area is 181 Å². The van der Waals surface area contributed by atoms with E-state index in [1.807, 2.05) is 31.2 Å². The van der Waals surface area contributed by atoms with E-state index >= 15 is 0 Å². The Bertz CT molecular complexity index is 1030. The quantitative estimate of drug-likeness (QED) is 0.565. The molecule has 7 nitrogen and oxygen atoms in total. The molecule has 1 heterocycles. The topological polar surface area (TPSA) is 84.9 Å². The molecule has 2 amide bonds. The van der Waals surface area contributed by atoms with Crippen molar-refractivity contribution in [3.05, 3.63) is 60.2 Å². The van der Waals surface area contributed by atoms with Crippen molar-refractivity contribution in [2.24, 2.45) is 0 Å². The Kier molecular flexibility index (Phi) is 6.44. The van der Waals surface area contributed by atoms with Crippen molar-refractivity contribution >= 4 is 35.2 Å². The summed E-state index contributed by atoms with van der Waals surface area (Å²) < 4.78 is 10.9. The fraction of sp³-hybridized carbons (Fsp3) is 0.292. The van der Waals surface area contributed by atoms with Gasteiger partial charge in [0.1, 0.15) is 11.3 Å². The first-order valence-electron chi connectivity index (χ1n) is 10.1. The summed E-state index contributed by atoms with van der Waals surface area (Å²) in [6, 6.07) is 14.3. The fourth-order valence-corrected chi connectivity index (χ4v) is 3.36. The van der Waals surface area contributed by atoms with Crippen molar-refractivity contribution in [3.63, 3.8) is 0 Å². The summed E-state index contributed by atoms with van der Waals surface area (Å²) in [5.74, 6) is -0.815. The number of hydrogen-bond donors (Lipinski definition) is 1. The maximum Gasteiger partial charge on any atom is 0.331 e. The third kappa shape index (κ3) is 4.60. The standard InChI is InChI=1S/C24H26N2O5/c1-5-30-20-13-9-6-10-17(20)14-15-21(27)31-16(2)22(28)26-19-12-8-7-11-18(19)25-23(29)24(26,3)4/h6-16H,5H2,1-4H3,(H,25,29)/b15-14+/t16-/m1/s1. The molecule has 0 radical (unpaired) electrons. The number of benzene rings is 2. The normalized spacial score (nSPS) is 15.7. The Morgan fingerprint density at radius 3 is 2.55 bits per heavy atom. The molecule has 0 unspecified atom stereocenters. The summed E-state index contributed by atoms with van der Waals surface area (Å²) >= 11 is 0. The molecule has 7 heteroatoms. The van der Waals surface area contributed by atoms with Gasteiger partial charge in [-0.1, -0.05) is 30.3 Å². The van der Waals surface area contributed by atoms with Crippen LogP contribution in [-0.2, 0) is 19.1 Å². The number of nitrogens with one attached hydrogen (secondary N) is 1. The van der Waals surface area contributed by atoms with Crippen molar-refractivity contribution in [1.82, 2.24) is 0 Å². The number of carbonyl (C=O) groups excluding carboxylic acids is 3. The van der Waals surface area contributed by atoms with Crippen LogP contribution in [0, 0.1) is 0 Å². The first-order valence-corrected chi connectivity index (χ1v) is 10.1. The van der Waals surface area contributed by atoms with Gasteiger partial charge in [0, 0.05) is 11.6 Å². The van der Waals surface area contributed by atoms with Crippen molar-refractivity contribution in [3.8, 4) is 5.75 Å². The van der Waals surface area contributed by atoms with Crippen LogP contribution in [0.2, 0.25) is 0 Å². The minimum absolute atomic E-state index is 0.314. The number of amides is 2. The predicted molar refractivity (Wildman–Crippen MR) is 119 cm³/mol. The average molecular weight is 422 g/mol. The predicted octanol–water partition coefficient (Wildman–Crippen LogP) is 3.79. The molecule has 1 aliphatic heterocycles. The van der Waals surface area contributed by atoms with Crippen LogP contribution in [0.15, 0.2) is 54.6 Å². The minimum atomic E-state index is -1.14. The van der Waals surface area contributed by atoms with Gasteiger partial charge in [-0.15, -0.1) is 0 Å². The van der Waals surface area contributed by atoms with Gasteiger partial charge in [0.05, 0.1) is 18.0 Å². The Morgan fingerprint density at radius 1 is 1.13 bits per heavy atom. The number of para-hydroxylation sites is 3. The van der Waals surface area contributed by atoms with Gasteiger partial charge in [-0.25, -0.2) is 4.79 Å². The molecule has 0 aliphatic carbocycles. The maximum atomic E-state index is 13.2. The highest BCUT2D eigenvalue weighted by atomic mass is 16.5. The first kappa shape index (κ1) is 22.1. The van der Waals surface area contributed by atoms with E-state index in [-0.39, 0.29) is 5.91 Å². The molecule has 0 saturated carbocycles. The molecule has 0 spiro atoms. The van der Waals surface area contributed by atoms with Gasteiger partial charge in [-0.3, -0.25) is 14.5 Å². The van der Waals surface area contributed by atoms with Crippen LogP contribution in [0.3, 0.4) is 0 Å².